The number of rotatable bonds is 4. The number of phenols is 1. The molecule has 18 heavy (non-hydrogen) atoms. The quantitative estimate of drug-likeness (QED) is 0.838. The molecule has 0 spiro atoms. The molecule has 0 saturated heterocycles. The van der Waals surface area contributed by atoms with Crippen LogP contribution in [0.1, 0.15) is 12.5 Å². The average molecular weight is 242 g/mol. The zero-order chi connectivity index (χ0) is 12.8. The molecule has 1 aromatic carbocycles. The van der Waals surface area contributed by atoms with Crippen molar-refractivity contribution in [2.45, 2.75) is 6.92 Å². The van der Waals surface area contributed by atoms with Gasteiger partial charge in [0.15, 0.2) is 17.3 Å². The van der Waals surface area contributed by atoms with Crippen LogP contribution in [0.2, 0.25) is 0 Å². The van der Waals surface area contributed by atoms with E-state index in [9.17, 15) is 5.11 Å². The van der Waals surface area contributed by atoms with Crippen LogP contribution in [0.4, 0.5) is 5.82 Å². The molecule has 0 aliphatic rings. The van der Waals surface area contributed by atoms with Crippen LogP contribution in [0, 0.1) is 0 Å². The normalized spacial score (nSPS) is 10.7. The van der Waals surface area contributed by atoms with Gasteiger partial charge < -0.3 is 9.84 Å². The van der Waals surface area contributed by atoms with E-state index in [1.54, 1.807) is 30.6 Å². The standard InChI is InChI=1S/C14H14N2O2/c1-2-18-12-7-5-6-11(14(12)17)10-16-13-8-3-4-9-15-13/h3-10,17H,2H2,1H3. The van der Waals surface area contributed by atoms with Crippen molar-refractivity contribution in [1.29, 1.82) is 0 Å². The van der Waals surface area contributed by atoms with Gasteiger partial charge in [-0.2, -0.15) is 0 Å². The molecule has 0 radical (unpaired) electrons. The van der Waals surface area contributed by atoms with Crippen LogP contribution in [0.25, 0.3) is 0 Å². The third kappa shape index (κ3) is 2.85. The second kappa shape index (κ2) is 5.82. The second-order valence-electron chi connectivity index (χ2n) is 3.57. The van der Waals surface area contributed by atoms with Crippen molar-refractivity contribution in [3.63, 3.8) is 0 Å². The first-order valence-electron chi connectivity index (χ1n) is 5.71. The van der Waals surface area contributed by atoms with Crippen molar-refractivity contribution in [3.8, 4) is 11.5 Å². The Morgan fingerprint density at radius 3 is 2.89 bits per heavy atom. The minimum Gasteiger partial charge on any atom is -0.504 e. The summed E-state index contributed by atoms with van der Waals surface area (Å²) in [6, 6.07) is 10.8. The third-order valence-electron chi connectivity index (χ3n) is 2.32. The maximum atomic E-state index is 9.96. The Hall–Kier alpha value is -2.36. The summed E-state index contributed by atoms with van der Waals surface area (Å²) in [5.74, 6) is 1.15. The molecule has 0 amide bonds. The summed E-state index contributed by atoms with van der Waals surface area (Å²) >= 11 is 0. The molecule has 1 aromatic heterocycles. The minimum absolute atomic E-state index is 0.0963. The smallest absolute Gasteiger partial charge is 0.166 e. The summed E-state index contributed by atoms with van der Waals surface area (Å²) in [6.45, 7) is 2.38. The van der Waals surface area contributed by atoms with Gasteiger partial charge in [0, 0.05) is 18.0 Å². The highest BCUT2D eigenvalue weighted by atomic mass is 16.5. The fraction of sp³-hybridized carbons (Fsp3) is 0.143. The highest BCUT2D eigenvalue weighted by Gasteiger charge is 2.05. The van der Waals surface area contributed by atoms with Gasteiger partial charge in [-0.15, -0.1) is 0 Å². The first-order valence-corrected chi connectivity index (χ1v) is 5.71. The van der Waals surface area contributed by atoms with Gasteiger partial charge in [0.25, 0.3) is 0 Å². The summed E-state index contributed by atoms with van der Waals surface area (Å²) in [4.78, 5) is 8.26. The first-order chi connectivity index (χ1) is 8.81. The Morgan fingerprint density at radius 2 is 2.17 bits per heavy atom. The van der Waals surface area contributed by atoms with Gasteiger partial charge in [0.1, 0.15) is 0 Å². The van der Waals surface area contributed by atoms with Crippen LogP contribution in [0.5, 0.6) is 11.5 Å². The molecule has 4 heteroatoms. The number of nitrogens with zero attached hydrogens (tertiary/aromatic N) is 2. The maximum Gasteiger partial charge on any atom is 0.166 e. The van der Waals surface area contributed by atoms with Gasteiger partial charge in [-0.05, 0) is 31.2 Å². The van der Waals surface area contributed by atoms with Crippen LogP contribution in [0.15, 0.2) is 47.6 Å². The lowest BCUT2D eigenvalue weighted by atomic mass is 10.2. The van der Waals surface area contributed by atoms with Crippen molar-refractivity contribution < 1.29 is 9.84 Å². The number of pyridine rings is 1. The van der Waals surface area contributed by atoms with E-state index < -0.39 is 0 Å². The number of aromatic nitrogens is 1. The lowest BCUT2D eigenvalue weighted by Crippen LogP contribution is -1.93. The van der Waals surface area contributed by atoms with E-state index in [0.717, 1.165) is 0 Å². The number of phenolic OH excluding ortho intramolecular Hbond substituents is 1. The largest absolute Gasteiger partial charge is 0.504 e. The van der Waals surface area contributed by atoms with Gasteiger partial charge in [0.05, 0.1) is 6.61 Å². The van der Waals surface area contributed by atoms with Crippen molar-refractivity contribution in [2.24, 2.45) is 4.99 Å². The molecular formula is C14H14N2O2. The Kier molecular flexibility index (Phi) is 3.91. The average Bonchev–Trinajstić information content (AvgIpc) is 2.41. The molecule has 0 saturated carbocycles. The van der Waals surface area contributed by atoms with Gasteiger partial charge in [0.2, 0.25) is 0 Å². The number of hydrogen-bond donors (Lipinski definition) is 1. The van der Waals surface area contributed by atoms with Crippen LogP contribution in [-0.4, -0.2) is 22.9 Å². The maximum absolute atomic E-state index is 9.96. The monoisotopic (exact) mass is 242 g/mol. The topological polar surface area (TPSA) is 54.7 Å². The van der Waals surface area contributed by atoms with E-state index >= 15 is 0 Å². The number of aliphatic imine (C=N–C) groups is 1. The molecule has 0 unspecified atom stereocenters. The molecule has 0 bridgehead atoms. The molecule has 92 valence electrons. The van der Waals surface area contributed by atoms with E-state index in [-0.39, 0.29) is 5.75 Å². The summed E-state index contributed by atoms with van der Waals surface area (Å²) in [7, 11) is 0. The SMILES string of the molecule is CCOc1cccc(C=Nc2ccccn2)c1O. The predicted octanol–water partition coefficient (Wildman–Crippen LogP) is 2.94. The van der Waals surface area contributed by atoms with Gasteiger partial charge in [-0.1, -0.05) is 12.1 Å². The Labute approximate surface area is 106 Å². The molecule has 0 aliphatic heterocycles. The zero-order valence-electron chi connectivity index (χ0n) is 10.1. The third-order valence-corrected chi connectivity index (χ3v) is 2.32. The fourth-order valence-corrected chi connectivity index (χ4v) is 1.48. The highest BCUT2D eigenvalue weighted by molar-refractivity contribution is 5.86. The molecule has 1 heterocycles. The van der Waals surface area contributed by atoms with E-state index in [4.69, 9.17) is 4.74 Å². The Balaban J connectivity index is 2.24. The van der Waals surface area contributed by atoms with Gasteiger partial charge >= 0.3 is 0 Å². The summed E-state index contributed by atoms with van der Waals surface area (Å²) in [5, 5.41) is 9.96. The zero-order valence-corrected chi connectivity index (χ0v) is 10.1. The van der Waals surface area contributed by atoms with Crippen LogP contribution < -0.4 is 4.74 Å². The fourth-order valence-electron chi connectivity index (χ4n) is 1.48. The minimum atomic E-state index is 0.0963. The van der Waals surface area contributed by atoms with E-state index in [2.05, 4.69) is 9.98 Å². The Bertz CT molecular complexity index is 539. The number of aromatic hydroxyl groups is 1. The Morgan fingerprint density at radius 1 is 1.28 bits per heavy atom. The van der Waals surface area contributed by atoms with Gasteiger partial charge in [-0.25, -0.2) is 9.98 Å². The van der Waals surface area contributed by atoms with Crippen molar-refractivity contribution in [1.82, 2.24) is 4.98 Å². The number of ether oxygens (including phenoxy) is 1. The van der Waals surface area contributed by atoms with Crippen LogP contribution in [0.3, 0.4) is 0 Å². The second-order valence-corrected chi connectivity index (χ2v) is 3.57. The predicted molar refractivity (Wildman–Crippen MR) is 70.8 cm³/mol. The van der Waals surface area contributed by atoms with E-state index in [1.165, 1.54) is 0 Å². The van der Waals surface area contributed by atoms with Crippen LogP contribution >= 0.6 is 0 Å². The molecule has 2 rings (SSSR count). The number of para-hydroxylation sites is 1. The first kappa shape index (κ1) is 12.1. The molecule has 2 aromatic rings. The molecule has 0 aliphatic carbocycles. The molecule has 0 atom stereocenters. The summed E-state index contributed by atoms with van der Waals surface area (Å²) in [5.41, 5.74) is 0.603. The summed E-state index contributed by atoms with van der Waals surface area (Å²) < 4.78 is 5.30. The van der Waals surface area contributed by atoms with Crippen LogP contribution in [-0.2, 0) is 0 Å². The molecule has 1 N–H and O–H groups in total. The molecular weight excluding hydrogens is 228 g/mol. The van der Waals surface area contributed by atoms with Crippen molar-refractivity contribution >= 4 is 12.0 Å². The van der Waals surface area contributed by atoms with E-state index in [0.29, 0.717) is 23.7 Å². The highest BCUT2D eigenvalue weighted by Crippen LogP contribution is 2.28. The lowest BCUT2D eigenvalue weighted by molar-refractivity contribution is 0.318. The number of benzene rings is 1. The number of hydrogen-bond acceptors (Lipinski definition) is 4. The lowest BCUT2D eigenvalue weighted by Gasteiger charge is -2.06. The summed E-state index contributed by atoms with van der Waals surface area (Å²) in [6.07, 6.45) is 3.24. The molecule has 4 nitrogen and oxygen atoms in total. The van der Waals surface area contributed by atoms with E-state index in [1.807, 2.05) is 25.1 Å². The van der Waals surface area contributed by atoms with Gasteiger partial charge in [-0.3, -0.25) is 0 Å². The van der Waals surface area contributed by atoms with Crippen molar-refractivity contribution in [3.05, 3.63) is 48.2 Å². The molecule has 0 fully saturated rings. The van der Waals surface area contributed by atoms with Crippen molar-refractivity contribution in [2.75, 3.05) is 6.61 Å².